The SMILES string of the molecule is Cc1cccc(CCCNC(=O)COc2ccc(N(C)S(C)(=O)=O)cc2)c1. The molecule has 0 aliphatic heterocycles. The second-order valence-corrected chi connectivity index (χ2v) is 8.47. The first-order chi connectivity index (χ1) is 12.8. The van der Waals surface area contributed by atoms with Crippen LogP contribution in [0.3, 0.4) is 0 Å². The first kappa shape index (κ1) is 20.8. The Labute approximate surface area is 161 Å². The number of sulfonamides is 1. The fourth-order valence-corrected chi connectivity index (χ4v) is 3.04. The highest BCUT2D eigenvalue weighted by Crippen LogP contribution is 2.20. The van der Waals surface area contributed by atoms with Gasteiger partial charge in [-0.3, -0.25) is 9.10 Å². The molecule has 0 atom stereocenters. The average molecular weight is 391 g/mol. The van der Waals surface area contributed by atoms with Crippen molar-refractivity contribution in [2.45, 2.75) is 19.8 Å². The van der Waals surface area contributed by atoms with E-state index in [0.717, 1.165) is 19.1 Å². The fourth-order valence-electron chi connectivity index (χ4n) is 2.53. The van der Waals surface area contributed by atoms with Crippen LogP contribution in [-0.2, 0) is 21.2 Å². The molecule has 0 unspecified atom stereocenters. The molecule has 2 rings (SSSR count). The van der Waals surface area contributed by atoms with Gasteiger partial charge in [0.15, 0.2) is 6.61 Å². The van der Waals surface area contributed by atoms with Crippen LogP contribution in [0.25, 0.3) is 0 Å². The lowest BCUT2D eigenvalue weighted by Gasteiger charge is -2.16. The first-order valence-corrected chi connectivity index (χ1v) is 10.6. The number of nitrogens with one attached hydrogen (secondary N) is 1. The van der Waals surface area contributed by atoms with Crippen molar-refractivity contribution in [1.82, 2.24) is 5.32 Å². The molecule has 27 heavy (non-hydrogen) atoms. The minimum atomic E-state index is -3.30. The van der Waals surface area contributed by atoms with Crippen LogP contribution in [0.4, 0.5) is 5.69 Å². The summed E-state index contributed by atoms with van der Waals surface area (Å²) in [6.07, 6.45) is 2.92. The number of ether oxygens (including phenoxy) is 1. The second-order valence-electron chi connectivity index (χ2n) is 6.46. The molecule has 0 spiro atoms. The predicted molar refractivity (Wildman–Crippen MR) is 108 cm³/mol. The number of carbonyl (C=O) groups excluding carboxylic acids is 1. The topological polar surface area (TPSA) is 75.7 Å². The van der Waals surface area contributed by atoms with Crippen molar-refractivity contribution >= 4 is 21.6 Å². The molecule has 0 heterocycles. The van der Waals surface area contributed by atoms with Crippen LogP contribution in [0.2, 0.25) is 0 Å². The van der Waals surface area contributed by atoms with E-state index >= 15 is 0 Å². The van der Waals surface area contributed by atoms with E-state index in [-0.39, 0.29) is 12.5 Å². The van der Waals surface area contributed by atoms with E-state index < -0.39 is 10.0 Å². The van der Waals surface area contributed by atoms with Crippen LogP contribution < -0.4 is 14.4 Å². The molecule has 0 aromatic heterocycles. The van der Waals surface area contributed by atoms with Crippen LogP contribution in [0.5, 0.6) is 5.75 Å². The minimum absolute atomic E-state index is 0.0777. The summed E-state index contributed by atoms with van der Waals surface area (Å²) in [6, 6.07) is 14.9. The molecule has 0 fully saturated rings. The molecule has 0 aliphatic carbocycles. The van der Waals surface area contributed by atoms with Gasteiger partial charge in [0.2, 0.25) is 10.0 Å². The Morgan fingerprint density at radius 1 is 1.15 bits per heavy atom. The van der Waals surface area contributed by atoms with Crippen molar-refractivity contribution in [3.05, 3.63) is 59.7 Å². The van der Waals surface area contributed by atoms with E-state index in [4.69, 9.17) is 4.74 Å². The lowest BCUT2D eigenvalue weighted by Crippen LogP contribution is -2.30. The number of hydrogen-bond acceptors (Lipinski definition) is 4. The molecule has 0 bridgehead atoms. The maximum atomic E-state index is 11.9. The summed E-state index contributed by atoms with van der Waals surface area (Å²) >= 11 is 0. The van der Waals surface area contributed by atoms with Crippen LogP contribution in [0, 0.1) is 6.92 Å². The van der Waals surface area contributed by atoms with Crippen molar-refractivity contribution < 1.29 is 17.9 Å². The largest absolute Gasteiger partial charge is 0.484 e. The van der Waals surface area contributed by atoms with Crippen molar-refractivity contribution in [1.29, 1.82) is 0 Å². The Bertz CT molecular complexity index is 864. The van der Waals surface area contributed by atoms with E-state index in [1.54, 1.807) is 24.3 Å². The van der Waals surface area contributed by atoms with Gasteiger partial charge in [0.05, 0.1) is 11.9 Å². The van der Waals surface area contributed by atoms with Gasteiger partial charge in [0, 0.05) is 13.6 Å². The average Bonchev–Trinajstić information content (AvgIpc) is 2.63. The van der Waals surface area contributed by atoms with Crippen LogP contribution in [-0.4, -0.2) is 40.8 Å². The third kappa shape index (κ3) is 6.94. The summed E-state index contributed by atoms with van der Waals surface area (Å²) in [5.74, 6) is 0.326. The van der Waals surface area contributed by atoms with Gasteiger partial charge in [-0.2, -0.15) is 0 Å². The summed E-state index contributed by atoms with van der Waals surface area (Å²) in [6.45, 7) is 2.58. The summed E-state index contributed by atoms with van der Waals surface area (Å²) in [7, 11) is -1.82. The standard InChI is InChI=1S/C20H26N2O4S/c1-16-6-4-7-17(14-16)8-5-13-21-20(23)15-26-19-11-9-18(10-12-19)22(2)27(3,24)25/h4,6-7,9-12,14H,5,8,13,15H2,1-3H3,(H,21,23). The molecule has 1 amide bonds. The number of amides is 1. The predicted octanol–water partition coefficient (Wildman–Crippen LogP) is 2.52. The summed E-state index contributed by atoms with van der Waals surface area (Å²) in [5, 5.41) is 2.84. The van der Waals surface area contributed by atoms with Gasteiger partial charge in [-0.25, -0.2) is 8.42 Å². The Balaban J connectivity index is 1.71. The molecule has 2 aromatic rings. The number of anilines is 1. The van der Waals surface area contributed by atoms with Gasteiger partial charge in [0.25, 0.3) is 5.91 Å². The van der Waals surface area contributed by atoms with Gasteiger partial charge < -0.3 is 10.1 Å². The lowest BCUT2D eigenvalue weighted by molar-refractivity contribution is -0.123. The molecule has 6 nitrogen and oxygen atoms in total. The zero-order valence-electron chi connectivity index (χ0n) is 15.9. The second kappa shape index (κ2) is 9.41. The molecule has 146 valence electrons. The summed E-state index contributed by atoms with van der Waals surface area (Å²) < 4.78 is 29.6. The minimum Gasteiger partial charge on any atom is -0.484 e. The molecule has 0 saturated carbocycles. The monoisotopic (exact) mass is 390 g/mol. The number of carbonyl (C=O) groups is 1. The molecular formula is C20H26N2O4S. The van der Waals surface area contributed by atoms with Gasteiger partial charge in [-0.1, -0.05) is 29.8 Å². The molecule has 2 aromatic carbocycles. The van der Waals surface area contributed by atoms with Crippen molar-refractivity contribution in [2.24, 2.45) is 0 Å². The smallest absolute Gasteiger partial charge is 0.257 e. The number of aryl methyl sites for hydroxylation is 2. The van der Waals surface area contributed by atoms with E-state index in [0.29, 0.717) is 18.0 Å². The fraction of sp³-hybridized carbons (Fsp3) is 0.350. The van der Waals surface area contributed by atoms with Crippen molar-refractivity contribution in [3.8, 4) is 5.75 Å². The number of hydrogen-bond donors (Lipinski definition) is 1. The molecule has 0 saturated heterocycles. The number of benzene rings is 2. The maximum Gasteiger partial charge on any atom is 0.257 e. The normalized spacial score (nSPS) is 11.1. The Kier molecular flexibility index (Phi) is 7.24. The Morgan fingerprint density at radius 3 is 2.48 bits per heavy atom. The highest BCUT2D eigenvalue weighted by Gasteiger charge is 2.11. The Morgan fingerprint density at radius 2 is 1.85 bits per heavy atom. The molecule has 1 N–H and O–H groups in total. The zero-order valence-corrected chi connectivity index (χ0v) is 16.8. The lowest BCUT2D eigenvalue weighted by atomic mass is 10.1. The molecule has 0 aliphatic rings. The molecule has 0 radical (unpaired) electrons. The van der Waals surface area contributed by atoms with Crippen LogP contribution in [0.1, 0.15) is 17.5 Å². The van der Waals surface area contributed by atoms with E-state index in [9.17, 15) is 13.2 Å². The van der Waals surface area contributed by atoms with Gasteiger partial charge in [0.1, 0.15) is 5.75 Å². The van der Waals surface area contributed by atoms with E-state index in [2.05, 4.69) is 30.4 Å². The van der Waals surface area contributed by atoms with E-state index in [1.165, 1.54) is 22.5 Å². The molecule has 7 heteroatoms. The third-order valence-corrected chi connectivity index (χ3v) is 5.32. The summed E-state index contributed by atoms with van der Waals surface area (Å²) in [4.78, 5) is 11.9. The van der Waals surface area contributed by atoms with Crippen LogP contribution in [0.15, 0.2) is 48.5 Å². The van der Waals surface area contributed by atoms with Gasteiger partial charge in [-0.05, 0) is 49.6 Å². The van der Waals surface area contributed by atoms with Crippen LogP contribution >= 0.6 is 0 Å². The summed E-state index contributed by atoms with van der Waals surface area (Å²) in [5.41, 5.74) is 3.03. The molecular weight excluding hydrogens is 364 g/mol. The highest BCUT2D eigenvalue weighted by atomic mass is 32.2. The quantitative estimate of drug-likeness (QED) is 0.668. The maximum absolute atomic E-state index is 11.9. The highest BCUT2D eigenvalue weighted by molar-refractivity contribution is 7.92. The third-order valence-electron chi connectivity index (χ3n) is 4.11. The number of rotatable bonds is 9. The zero-order chi connectivity index (χ0) is 19.9. The van der Waals surface area contributed by atoms with E-state index in [1.807, 2.05) is 6.07 Å². The Hall–Kier alpha value is -2.54. The number of nitrogens with zero attached hydrogens (tertiary/aromatic N) is 1. The van der Waals surface area contributed by atoms with Gasteiger partial charge in [-0.15, -0.1) is 0 Å². The van der Waals surface area contributed by atoms with Crippen molar-refractivity contribution in [3.63, 3.8) is 0 Å². The van der Waals surface area contributed by atoms with Gasteiger partial charge >= 0.3 is 0 Å². The first-order valence-electron chi connectivity index (χ1n) is 8.75. The van der Waals surface area contributed by atoms with Crippen molar-refractivity contribution in [2.75, 3.05) is 30.8 Å².